The van der Waals surface area contributed by atoms with E-state index in [0.29, 0.717) is 19.4 Å². The number of nitrogens with zero attached hydrogens (tertiary/aromatic N) is 1. The lowest BCUT2D eigenvalue weighted by Crippen LogP contribution is -2.54. The van der Waals surface area contributed by atoms with Crippen molar-refractivity contribution < 1.29 is 14.7 Å². The molecule has 1 heterocycles. The average molecular weight is 214 g/mol. The molecule has 86 valence electrons. The van der Waals surface area contributed by atoms with Crippen LogP contribution in [0.2, 0.25) is 0 Å². The van der Waals surface area contributed by atoms with Crippen LogP contribution in [0.5, 0.6) is 0 Å². The van der Waals surface area contributed by atoms with Gasteiger partial charge in [-0.05, 0) is 26.3 Å². The number of carboxylic acids is 1. The van der Waals surface area contributed by atoms with Gasteiger partial charge in [-0.2, -0.15) is 0 Å². The number of likely N-dealkylation sites (N-methyl/N-ethyl adjacent to an activating group) is 1. The zero-order valence-corrected chi connectivity index (χ0v) is 9.25. The molecule has 0 saturated carbocycles. The summed E-state index contributed by atoms with van der Waals surface area (Å²) >= 11 is 0. The van der Waals surface area contributed by atoms with Crippen LogP contribution < -0.4 is 5.32 Å². The Labute approximate surface area is 89.4 Å². The first-order chi connectivity index (χ1) is 7.08. The molecule has 0 aliphatic carbocycles. The van der Waals surface area contributed by atoms with Crippen LogP contribution in [-0.2, 0) is 9.59 Å². The highest BCUT2D eigenvalue weighted by molar-refractivity contribution is 5.88. The molecule has 1 unspecified atom stereocenters. The fraction of sp³-hybridized carbons (Fsp3) is 0.800. The fourth-order valence-electron chi connectivity index (χ4n) is 2.23. The van der Waals surface area contributed by atoms with E-state index in [1.165, 1.54) is 4.90 Å². The minimum absolute atomic E-state index is 0.126. The van der Waals surface area contributed by atoms with Gasteiger partial charge in [0.1, 0.15) is 5.54 Å². The summed E-state index contributed by atoms with van der Waals surface area (Å²) in [5.41, 5.74) is -0.964. The molecule has 0 spiro atoms. The maximum absolute atomic E-state index is 11.7. The molecule has 5 heteroatoms. The van der Waals surface area contributed by atoms with E-state index in [-0.39, 0.29) is 12.5 Å². The van der Waals surface area contributed by atoms with E-state index >= 15 is 0 Å². The van der Waals surface area contributed by atoms with E-state index in [1.54, 1.807) is 7.05 Å². The lowest BCUT2D eigenvalue weighted by atomic mass is 9.93. The highest BCUT2D eigenvalue weighted by Crippen LogP contribution is 2.32. The fourth-order valence-corrected chi connectivity index (χ4v) is 2.23. The first-order valence-corrected chi connectivity index (χ1v) is 5.27. The minimum atomic E-state index is -0.964. The van der Waals surface area contributed by atoms with Crippen molar-refractivity contribution in [2.24, 2.45) is 0 Å². The third-order valence-electron chi connectivity index (χ3n) is 3.10. The van der Waals surface area contributed by atoms with Gasteiger partial charge in [0, 0.05) is 6.54 Å². The predicted octanol–water partition coefficient (Wildman–Crippen LogP) is 0.0616. The van der Waals surface area contributed by atoms with Crippen molar-refractivity contribution in [3.63, 3.8) is 0 Å². The number of amides is 1. The van der Waals surface area contributed by atoms with Crippen molar-refractivity contribution in [3.05, 3.63) is 0 Å². The monoisotopic (exact) mass is 214 g/mol. The van der Waals surface area contributed by atoms with Gasteiger partial charge in [0.2, 0.25) is 5.91 Å². The lowest BCUT2D eigenvalue weighted by molar-refractivity contribution is -0.156. The van der Waals surface area contributed by atoms with Gasteiger partial charge in [-0.1, -0.05) is 6.92 Å². The maximum atomic E-state index is 11.7. The van der Waals surface area contributed by atoms with Crippen molar-refractivity contribution in [3.8, 4) is 0 Å². The molecule has 1 rings (SSSR count). The second-order valence-corrected chi connectivity index (χ2v) is 3.87. The van der Waals surface area contributed by atoms with Crippen LogP contribution in [0.25, 0.3) is 0 Å². The number of rotatable bonds is 4. The van der Waals surface area contributed by atoms with Crippen molar-refractivity contribution >= 4 is 11.9 Å². The molecule has 15 heavy (non-hydrogen) atoms. The highest BCUT2D eigenvalue weighted by atomic mass is 16.4. The predicted molar refractivity (Wildman–Crippen MR) is 55.5 cm³/mol. The number of hydrogen-bond acceptors (Lipinski definition) is 3. The molecule has 0 radical (unpaired) electrons. The van der Waals surface area contributed by atoms with Crippen LogP contribution in [0, 0.1) is 0 Å². The number of hydrogen-bond donors (Lipinski definition) is 2. The molecule has 5 nitrogen and oxygen atoms in total. The normalized spacial score (nSPS) is 25.6. The Kier molecular flexibility index (Phi) is 3.68. The molecular weight excluding hydrogens is 196 g/mol. The first-order valence-electron chi connectivity index (χ1n) is 5.27. The molecule has 1 atom stereocenters. The van der Waals surface area contributed by atoms with Crippen LogP contribution in [0.1, 0.15) is 26.2 Å². The SMILES string of the molecule is CCC1(C(=O)O)CCCN1C(=O)CNC. The van der Waals surface area contributed by atoms with E-state index in [4.69, 9.17) is 0 Å². The maximum Gasteiger partial charge on any atom is 0.329 e. The van der Waals surface area contributed by atoms with E-state index < -0.39 is 11.5 Å². The standard InChI is InChI=1S/C10H18N2O3/c1-3-10(9(14)15)5-4-6-12(10)8(13)7-11-2/h11H,3-7H2,1-2H3,(H,14,15). The van der Waals surface area contributed by atoms with Crippen molar-refractivity contribution in [2.45, 2.75) is 31.7 Å². The van der Waals surface area contributed by atoms with Crippen molar-refractivity contribution in [1.29, 1.82) is 0 Å². The molecular formula is C10H18N2O3. The third kappa shape index (κ3) is 1.97. The van der Waals surface area contributed by atoms with E-state index in [9.17, 15) is 14.7 Å². The first kappa shape index (κ1) is 12.0. The van der Waals surface area contributed by atoms with Gasteiger partial charge in [0.05, 0.1) is 6.54 Å². The van der Waals surface area contributed by atoms with Crippen LogP contribution >= 0.6 is 0 Å². The molecule has 2 N–H and O–H groups in total. The molecule has 1 aliphatic rings. The van der Waals surface area contributed by atoms with Crippen molar-refractivity contribution in [1.82, 2.24) is 10.2 Å². The van der Waals surface area contributed by atoms with E-state index in [0.717, 1.165) is 6.42 Å². The largest absolute Gasteiger partial charge is 0.479 e. The van der Waals surface area contributed by atoms with Gasteiger partial charge in [0.25, 0.3) is 0 Å². The quantitative estimate of drug-likeness (QED) is 0.694. The Balaban J connectivity index is 2.87. The van der Waals surface area contributed by atoms with Crippen LogP contribution in [0.3, 0.4) is 0 Å². The molecule has 1 amide bonds. The summed E-state index contributed by atoms with van der Waals surface area (Å²) in [5, 5.41) is 12.0. The number of carbonyl (C=O) groups is 2. The lowest BCUT2D eigenvalue weighted by Gasteiger charge is -2.33. The summed E-state index contributed by atoms with van der Waals surface area (Å²) < 4.78 is 0. The van der Waals surface area contributed by atoms with Gasteiger partial charge in [-0.15, -0.1) is 0 Å². The number of carboxylic acid groups (broad SMARTS) is 1. The zero-order chi connectivity index (χ0) is 11.5. The van der Waals surface area contributed by atoms with E-state index in [2.05, 4.69) is 5.32 Å². The molecule has 1 aliphatic heterocycles. The van der Waals surface area contributed by atoms with Gasteiger partial charge >= 0.3 is 5.97 Å². The Hall–Kier alpha value is -1.10. The van der Waals surface area contributed by atoms with Gasteiger partial charge in [-0.25, -0.2) is 4.79 Å². The number of carbonyl (C=O) groups excluding carboxylic acids is 1. The summed E-state index contributed by atoms with van der Waals surface area (Å²) in [7, 11) is 1.68. The Bertz CT molecular complexity index is 267. The highest BCUT2D eigenvalue weighted by Gasteiger charge is 2.48. The number of likely N-dealkylation sites (tertiary alicyclic amines) is 1. The van der Waals surface area contributed by atoms with Gasteiger partial charge in [0.15, 0.2) is 0 Å². The van der Waals surface area contributed by atoms with Crippen LogP contribution in [0.4, 0.5) is 0 Å². The molecule has 0 bridgehead atoms. The van der Waals surface area contributed by atoms with Gasteiger partial charge < -0.3 is 15.3 Å². The zero-order valence-electron chi connectivity index (χ0n) is 9.25. The summed E-state index contributed by atoms with van der Waals surface area (Å²) in [6.07, 6.45) is 1.81. The second kappa shape index (κ2) is 4.61. The number of nitrogens with one attached hydrogen (secondary N) is 1. The smallest absolute Gasteiger partial charge is 0.329 e. The summed E-state index contributed by atoms with van der Waals surface area (Å²) in [4.78, 5) is 24.5. The average Bonchev–Trinajstić information content (AvgIpc) is 2.62. The van der Waals surface area contributed by atoms with Gasteiger partial charge in [-0.3, -0.25) is 4.79 Å². The Morgan fingerprint density at radius 2 is 2.20 bits per heavy atom. The molecule has 1 saturated heterocycles. The Morgan fingerprint density at radius 3 is 2.67 bits per heavy atom. The second-order valence-electron chi connectivity index (χ2n) is 3.87. The van der Waals surface area contributed by atoms with Crippen LogP contribution in [0.15, 0.2) is 0 Å². The molecule has 0 aromatic rings. The molecule has 1 fully saturated rings. The van der Waals surface area contributed by atoms with E-state index in [1.807, 2.05) is 6.92 Å². The Morgan fingerprint density at radius 1 is 1.53 bits per heavy atom. The summed E-state index contributed by atoms with van der Waals surface area (Å²) in [6.45, 7) is 2.58. The topological polar surface area (TPSA) is 69.6 Å². The third-order valence-corrected chi connectivity index (χ3v) is 3.10. The summed E-state index contributed by atoms with van der Waals surface area (Å²) in [5.74, 6) is -1.01. The molecule has 0 aromatic heterocycles. The molecule has 0 aromatic carbocycles. The van der Waals surface area contributed by atoms with Crippen LogP contribution in [-0.4, -0.2) is 47.6 Å². The van der Waals surface area contributed by atoms with Crippen molar-refractivity contribution in [2.75, 3.05) is 20.1 Å². The minimum Gasteiger partial charge on any atom is -0.479 e. The number of aliphatic carboxylic acids is 1. The summed E-state index contributed by atoms with van der Waals surface area (Å²) in [6, 6.07) is 0.